The van der Waals surface area contributed by atoms with Gasteiger partial charge in [0.2, 0.25) is 0 Å². The Labute approximate surface area is 157 Å². The maximum atomic E-state index is 12.7. The molecule has 136 valence electrons. The van der Waals surface area contributed by atoms with Crippen molar-refractivity contribution in [2.75, 3.05) is 14.2 Å². The van der Waals surface area contributed by atoms with Crippen molar-refractivity contribution in [2.24, 2.45) is 0 Å². The zero-order valence-electron chi connectivity index (χ0n) is 15.4. The monoisotopic (exact) mass is 361 g/mol. The molecule has 0 aliphatic carbocycles. The Kier molecular flexibility index (Phi) is 5.23. The molecule has 1 heterocycles. The normalized spacial score (nSPS) is 10.3. The summed E-state index contributed by atoms with van der Waals surface area (Å²) in [6, 6.07) is 16.7. The van der Waals surface area contributed by atoms with Gasteiger partial charge in [0, 0.05) is 17.7 Å². The van der Waals surface area contributed by atoms with Crippen molar-refractivity contribution in [3.63, 3.8) is 0 Å². The van der Waals surface area contributed by atoms with Gasteiger partial charge in [0.05, 0.1) is 14.2 Å². The molecule has 6 heteroatoms. The average molecular weight is 361 g/mol. The zero-order valence-corrected chi connectivity index (χ0v) is 15.4. The Morgan fingerprint density at radius 3 is 1.93 bits per heavy atom. The van der Waals surface area contributed by atoms with Gasteiger partial charge in [0.15, 0.2) is 0 Å². The van der Waals surface area contributed by atoms with Crippen LogP contribution in [0, 0.1) is 11.3 Å². The van der Waals surface area contributed by atoms with Crippen molar-refractivity contribution in [3.05, 3.63) is 64.4 Å². The van der Waals surface area contributed by atoms with Crippen LogP contribution in [-0.2, 0) is 6.54 Å². The number of ether oxygens (including phenoxy) is 2. The van der Waals surface area contributed by atoms with E-state index in [9.17, 15) is 10.1 Å². The molecular weight excluding hydrogens is 342 g/mol. The molecule has 3 aromatic rings. The topological polar surface area (TPSA) is 77.1 Å². The second-order valence-corrected chi connectivity index (χ2v) is 5.79. The predicted octanol–water partition coefficient (Wildman–Crippen LogP) is 3.49. The van der Waals surface area contributed by atoms with Crippen molar-refractivity contribution in [1.29, 1.82) is 5.26 Å². The Morgan fingerprint density at radius 2 is 1.48 bits per heavy atom. The van der Waals surface area contributed by atoms with Crippen molar-refractivity contribution >= 4 is 0 Å². The molecule has 0 saturated carbocycles. The molecule has 0 N–H and O–H groups in total. The molecule has 0 atom stereocenters. The Hall–Kier alpha value is -3.59. The predicted molar refractivity (Wildman–Crippen MR) is 103 cm³/mol. The van der Waals surface area contributed by atoms with Crippen LogP contribution in [0.5, 0.6) is 11.5 Å². The minimum atomic E-state index is -0.400. The van der Waals surface area contributed by atoms with Gasteiger partial charge in [-0.3, -0.25) is 4.79 Å². The van der Waals surface area contributed by atoms with Gasteiger partial charge < -0.3 is 9.47 Å². The SMILES string of the molecule is CCn1nc(-c2ccc(OC)cc2)c(-c2ccc(OC)cc2)c(C#N)c1=O. The summed E-state index contributed by atoms with van der Waals surface area (Å²) in [6.07, 6.45) is 0. The molecule has 1 aromatic heterocycles. The number of hydrogen-bond donors (Lipinski definition) is 0. The number of aromatic nitrogens is 2. The summed E-state index contributed by atoms with van der Waals surface area (Å²) in [6.45, 7) is 2.19. The number of aryl methyl sites for hydroxylation is 1. The highest BCUT2D eigenvalue weighted by Gasteiger charge is 2.20. The average Bonchev–Trinajstić information content (AvgIpc) is 2.73. The number of nitriles is 1. The van der Waals surface area contributed by atoms with Crippen LogP contribution in [-0.4, -0.2) is 24.0 Å². The van der Waals surface area contributed by atoms with E-state index < -0.39 is 5.56 Å². The summed E-state index contributed by atoms with van der Waals surface area (Å²) in [5.74, 6) is 1.41. The molecule has 3 rings (SSSR count). The van der Waals surface area contributed by atoms with Gasteiger partial charge in [-0.05, 0) is 48.9 Å². The molecule has 0 bridgehead atoms. The third kappa shape index (κ3) is 3.40. The number of hydrogen-bond acceptors (Lipinski definition) is 5. The van der Waals surface area contributed by atoms with Crippen LogP contribution < -0.4 is 15.0 Å². The van der Waals surface area contributed by atoms with E-state index in [1.165, 1.54) is 4.68 Å². The third-order valence-corrected chi connectivity index (χ3v) is 4.31. The number of nitrogens with zero attached hydrogens (tertiary/aromatic N) is 3. The van der Waals surface area contributed by atoms with Crippen LogP contribution >= 0.6 is 0 Å². The fourth-order valence-electron chi connectivity index (χ4n) is 2.88. The van der Waals surface area contributed by atoms with E-state index in [1.807, 2.05) is 43.3 Å². The number of rotatable bonds is 5. The molecule has 0 amide bonds. The fourth-order valence-corrected chi connectivity index (χ4v) is 2.88. The van der Waals surface area contributed by atoms with Crippen LogP contribution in [0.3, 0.4) is 0 Å². The molecule has 6 nitrogen and oxygen atoms in total. The Bertz CT molecular complexity index is 1050. The quantitative estimate of drug-likeness (QED) is 0.695. The molecule has 27 heavy (non-hydrogen) atoms. The highest BCUT2D eigenvalue weighted by Crippen LogP contribution is 2.33. The molecule has 0 aliphatic rings. The summed E-state index contributed by atoms with van der Waals surface area (Å²) in [5, 5.41) is 14.2. The first kappa shape index (κ1) is 18.2. The van der Waals surface area contributed by atoms with Crippen molar-refractivity contribution in [2.45, 2.75) is 13.5 Å². The molecular formula is C21H19N3O3. The maximum Gasteiger partial charge on any atom is 0.285 e. The van der Waals surface area contributed by atoms with Gasteiger partial charge in [0.1, 0.15) is 28.8 Å². The Morgan fingerprint density at radius 1 is 0.963 bits per heavy atom. The second kappa shape index (κ2) is 7.75. The van der Waals surface area contributed by atoms with E-state index in [-0.39, 0.29) is 5.56 Å². The van der Waals surface area contributed by atoms with Crippen molar-refractivity contribution < 1.29 is 9.47 Å². The van der Waals surface area contributed by atoms with Crippen molar-refractivity contribution in [3.8, 4) is 40.0 Å². The smallest absolute Gasteiger partial charge is 0.285 e. The summed E-state index contributed by atoms with van der Waals surface area (Å²) in [4.78, 5) is 12.7. The van der Waals surface area contributed by atoms with Crippen LogP contribution in [0.2, 0.25) is 0 Å². The number of methoxy groups -OCH3 is 2. The van der Waals surface area contributed by atoms with Crippen LogP contribution in [0.4, 0.5) is 0 Å². The third-order valence-electron chi connectivity index (χ3n) is 4.31. The van der Waals surface area contributed by atoms with Gasteiger partial charge in [-0.15, -0.1) is 0 Å². The second-order valence-electron chi connectivity index (χ2n) is 5.79. The summed E-state index contributed by atoms with van der Waals surface area (Å²) < 4.78 is 11.7. The van der Waals surface area contributed by atoms with Crippen LogP contribution in [0.1, 0.15) is 12.5 Å². The molecule has 0 saturated heterocycles. The lowest BCUT2D eigenvalue weighted by atomic mass is 9.96. The fraction of sp³-hybridized carbons (Fsp3) is 0.190. The molecule has 0 unspecified atom stereocenters. The minimum Gasteiger partial charge on any atom is -0.497 e. The van der Waals surface area contributed by atoms with Gasteiger partial charge in [-0.2, -0.15) is 10.4 Å². The largest absolute Gasteiger partial charge is 0.497 e. The summed E-state index contributed by atoms with van der Waals surface area (Å²) >= 11 is 0. The standard InChI is InChI=1S/C21H19N3O3/c1-4-24-21(25)18(13-22)19(14-5-9-16(26-2)10-6-14)20(23-24)15-7-11-17(27-3)12-8-15/h5-12H,4H2,1-3H3. The lowest BCUT2D eigenvalue weighted by molar-refractivity contribution is 0.414. The van der Waals surface area contributed by atoms with Crippen LogP contribution in [0.25, 0.3) is 22.4 Å². The molecule has 0 radical (unpaired) electrons. The van der Waals surface area contributed by atoms with E-state index in [2.05, 4.69) is 11.2 Å². The van der Waals surface area contributed by atoms with E-state index >= 15 is 0 Å². The highest BCUT2D eigenvalue weighted by atomic mass is 16.5. The van der Waals surface area contributed by atoms with Crippen LogP contribution in [0.15, 0.2) is 53.3 Å². The van der Waals surface area contributed by atoms with E-state index in [1.54, 1.807) is 26.4 Å². The van der Waals surface area contributed by atoms with Crippen molar-refractivity contribution in [1.82, 2.24) is 9.78 Å². The molecule has 0 aliphatic heterocycles. The first-order valence-electron chi connectivity index (χ1n) is 8.47. The Balaban J connectivity index is 2.32. The van der Waals surface area contributed by atoms with Gasteiger partial charge in [0.25, 0.3) is 5.56 Å². The van der Waals surface area contributed by atoms with E-state index in [4.69, 9.17) is 9.47 Å². The zero-order chi connectivity index (χ0) is 19.4. The highest BCUT2D eigenvalue weighted by molar-refractivity contribution is 5.84. The van der Waals surface area contributed by atoms with E-state index in [0.29, 0.717) is 29.3 Å². The van der Waals surface area contributed by atoms with Gasteiger partial charge in [-0.1, -0.05) is 12.1 Å². The first-order chi connectivity index (χ1) is 13.1. The van der Waals surface area contributed by atoms with Gasteiger partial charge >= 0.3 is 0 Å². The van der Waals surface area contributed by atoms with Gasteiger partial charge in [-0.25, -0.2) is 4.68 Å². The first-order valence-corrected chi connectivity index (χ1v) is 8.47. The summed E-state index contributed by atoms with van der Waals surface area (Å²) in [7, 11) is 3.18. The molecule has 0 spiro atoms. The lowest BCUT2D eigenvalue weighted by Crippen LogP contribution is -2.26. The minimum absolute atomic E-state index is 0.0721. The lowest BCUT2D eigenvalue weighted by Gasteiger charge is -2.14. The molecule has 2 aromatic carbocycles. The molecule has 0 fully saturated rings. The summed E-state index contributed by atoms with van der Waals surface area (Å²) in [5.41, 5.74) is 2.28. The number of benzene rings is 2. The van der Waals surface area contributed by atoms with E-state index in [0.717, 1.165) is 11.1 Å². The maximum absolute atomic E-state index is 12.7.